The van der Waals surface area contributed by atoms with E-state index in [4.69, 9.17) is 4.74 Å². The van der Waals surface area contributed by atoms with Crippen LogP contribution in [0.15, 0.2) is 30.5 Å². The summed E-state index contributed by atoms with van der Waals surface area (Å²) < 4.78 is 33.5. The molecule has 2 aromatic rings. The molecule has 0 bridgehead atoms. The van der Waals surface area contributed by atoms with Gasteiger partial charge >= 0.3 is 0 Å². The maximum absolute atomic E-state index is 13.8. The number of carbonyl (C=O) groups is 1. The molecule has 0 spiro atoms. The van der Waals surface area contributed by atoms with Gasteiger partial charge in [0.15, 0.2) is 11.5 Å². The van der Waals surface area contributed by atoms with Gasteiger partial charge in [-0.3, -0.25) is 4.79 Å². The summed E-state index contributed by atoms with van der Waals surface area (Å²) in [5, 5.41) is 6.80. The summed E-state index contributed by atoms with van der Waals surface area (Å²) in [4.78, 5) is 14.3. The average molecular weight is 336 g/mol. The van der Waals surface area contributed by atoms with Gasteiger partial charge in [0.2, 0.25) is 0 Å². The Morgan fingerprint density at radius 2 is 2.25 bits per heavy atom. The van der Waals surface area contributed by atoms with Crippen LogP contribution in [0.1, 0.15) is 10.5 Å². The van der Waals surface area contributed by atoms with Crippen LogP contribution in [0.5, 0.6) is 0 Å². The second-order valence-electron chi connectivity index (χ2n) is 5.71. The number of halogens is 2. The van der Waals surface area contributed by atoms with Crippen molar-refractivity contribution in [2.75, 3.05) is 33.3 Å². The molecule has 128 valence electrons. The van der Waals surface area contributed by atoms with Gasteiger partial charge in [-0.15, -0.1) is 0 Å². The minimum Gasteiger partial charge on any atom is -0.374 e. The standard InChI is InChI=1S/C16H18F2N4O2/c1-21-6-7-24-12(10-21)9-19-16(23)14-4-5-22(20-14)15-3-2-11(17)8-13(15)18/h2-5,8,12H,6-7,9-10H2,1H3,(H,19,23). The van der Waals surface area contributed by atoms with Crippen molar-refractivity contribution in [3.8, 4) is 5.69 Å². The molecule has 0 aliphatic carbocycles. The van der Waals surface area contributed by atoms with Gasteiger partial charge in [0, 0.05) is 31.9 Å². The number of ether oxygens (including phenoxy) is 1. The molecule has 1 aliphatic rings. The van der Waals surface area contributed by atoms with Gasteiger partial charge < -0.3 is 15.0 Å². The topological polar surface area (TPSA) is 59.4 Å². The Morgan fingerprint density at radius 3 is 3.00 bits per heavy atom. The van der Waals surface area contributed by atoms with Crippen molar-refractivity contribution in [3.05, 3.63) is 47.8 Å². The Kier molecular flexibility index (Phi) is 4.86. The molecule has 2 heterocycles. The molecule has 0 saturated carbocycles. The Bertz CT molecular complexity index is 735. The quantitative estimate of drug-likeness (QED) is 0.912. The highest BCUT2D eigenvalue weighted by molar-refractivity contribution is 5.92. The molecule has 1 aromatic carbocycles. The minimum atomic E-state index is -0.747. The molecule has 24 heavy (non-hydrogen) atoms. The molecule has 1 amide bonds. The van der Waals surface area contributed by atoms with E-state index in [-0.39, 0.29) is 23.4 Å². The summed E-state index contributed by atoms with van der Waals surface area (Å²) in [7, 11) is 2.00. The van der Waals surface area contributed by atoms with E-state index in [0.29, 0.717) is 13.2 Å². The number of benzene rings is 1. The lowest BCUT2D eigenvalue weighted by atomic mass is 10.2. The fourth-order valence-electron chi connectivity index (χ4n) is 2.53. The summed E-state index contributed by atoms with van der Waals surface area (Å²) in [5.41, 5.74) is 0.232. The van der Waals surface area contributed by atoms with Crippen LogP contribution < -0.4 is 5.32 Å². The van der Waals surface area contributed by atoms with Crippen LogP contribution in [0.2, 0.25) is 0 Å². The summed E-state index contributed by atoms with van der Waals surface area (Å²) in [6.07, 6.45) is 1.39. The first-order valence-corrected chi connectivity index (χ1v) is 7.62. The van der Waals surface area contributed by atoms with Crippen molar-refractivity contribution < 1.29 is 18.3 Å². The molecule has 3 rings (SSSR count). The summed E-state index contributed by atoms with van der Waals surface area (Å²) in [6, 6.07) is 4.65. The van der Waals surface area contributed by atoms with E-state index in [1.807, 2.05) is 7.05 Å². The summed E-state index contributed by atoms with van der Waals surface area (Å²) in [6.45, 7) is 2.63. The van der Waals surface area contributed by atoms with Gasteiger partial charge in [0.1, 0.15) is 11.5 Å². The number of rotatable bonds is 4. The third-order valence-corrected chi connectivity index (χ3v) is 3.81. The van der Waals surface area contributed by atoms with Crippen LogP contribution in [-0.2, 0) is 4.74 Å². The van der Waals surface area contributed by atoms with E-state index in [9.17, 15) is 13.6 Å². The molecule has 6 nitrogen and oxygen atoms in total. The second kappa shape index (κ2) is 7.06. The van der Waals surface area contributed by atoms with Crippen LogP contribution >= 0.6 is 0 Å². The Balaban J connectivity index is 1.63. The van der Waals surface area contributed by atoms with Crippen molar-refractivity contribution in [3.63, 3.8) is 0 Å². The van der Waals surface area contributed by atoms with Crippen molar-refractivity contribution in [1.29, 1.82) is 0 Å². The zero-order chi connectivity index (χ0) is 17.1. The van der Waals surface area contributed by atoms with Gasteiger partial charge in [-0.25, -0.2) is 13.5 Å². The predicted octanol–water partition coefficient (Wildman–Crippen LogP) is 1.21. The maximum Gasteiger partial charge on any atom is 0.271 e. The molecule has 8 heteroatoms. The van der Waals surface area contributed by atoms with Gasteiger partial charge in [-0.2, -0.15) is 5.10 Å². The molecule has 1 fully saturated rings. The lowest BCUT2D eigenvalue weighted by Crippen LogP contribution is -2.46. The number of hydrogen-bond donors (Lipinski definition) is 1. The average Bonchev–Trinajstić information content (AvgIpc) is 3.02. The normalized spacial score (nSPS) is 18.5. The largest absolute Gasteiger partial charge is 0.374 e. The van der Waals surface area contributed by atoms with E-state index < -0.39 is 11.6 Å². The lowest BCUT2D eigenvalue weighted by Gasteiger charge is -2.29. The Morgan fingerprint density at radius 1 is 1.42 bits per heavy atom. The monoisotopic (exact) mass is 336 g/mol. The van der Waals surface area contributed by atoms with Crippen molar-refractivity contribution >= 4 is 5.91 Å². The summed E-state index contributed by atoms with van der Waals surface area (Å²) >= 11 is 0. The number of aromatic nitrogens is 2. The number of carbonyl (C=O) groups excluding carboxylic acids is 1. The number of morpholine rings is 1. The zero-order valence-electron chi connectivity index (χ0n) is 13.2. The number of hydrogen-bond acceptors (Lipinski definition) is 4. The third kappa shape index (κ3) is 3.77. The first kappa shape index (κ1) is 16.5. The highest BCUT2D eigenvalue weighted by Gasteiger charge is 2.19. The van der Waals surface area contributed by atoms with Crippen LogP contribution in [0.4, 0.5) is 8.78 Å². The summed E-state index contributed by atoms with van der Waals surface area (Å²) in [5.74, 6) is -1.78. The second-order valence-corrected chi connectivity index (χ2v) is 5.71. The molecular formula is C16H18F2N4O2. The van der Waals surface area contributed by atoms with Crippen LogP contribution in [-0.4, -0.2) is 60.0 Å². The predicted molar refractivity (Wildman–Crippen MR) is 83.1 cm³/mol. The maximum atomic E-state index is 13.8. The van der Waals surface area contributed by atoms with Crippen LogP contribution in [0, 0.1) is 11.6 Å². The van der Waals surface area contributed by atoms with Crippen molar-refractivity contribution in [2.45, 2.75) is 6.10 Å². The fraction of sp³-hybridized carbons (Fsp3) is 0.375. The molecule has 0 radical (unpaired) electrons. The zero-order valence-corrected chi connectivity index (χ0v) is 13.2. The highest BCUT2D eigenvalue weighted by Crippen LogP contribution is 2.14. The number of amides is 1. The molecule has 1 aromatic heterocycles. The molecule has 1 unspecified atom stereocenters. The Hall–Kier alpha value is -2.32. The highest BCUT2D eigenvalue weighted by atomic mass is 19.1. The van der Waals surface area contributed by atoms with E-state index in [2.05, 4.69) is 15.3 Å². The van der Waals surface area contributed by atoms with E-state index in [0.717, 1.165) is 25.2 Å². The van der Waals surface area contributed by atoms with Gasteiger partial charge in [-0.05, 0) is 25.2 Å². The fourth-order valence-corrected chi connectivity index (χ4v) is 2.53. The molecular weight excluding hydrogens is 318 g/mol. The first-order chi connectivity index (χ1) is 11.5. The Labute approximate surface area is 138 Å². The SMILES string of the molecule is CN1CCOC(CNC(=O)c2ccn(-c3ccc(F)cc3F)n2)C1. The van der Waals surface area contributed by atoms with Gasteiger partial charge in [0.25, 0.3) is 5.91 Å². The number of nitrogens with zero attached hydrogens (tertiary/aromatic N) is 3. The lowest BCUT2D eigenvalue weighted by molar-refractivity contribution is -0.0175. The van der Waals surface area contributed by atoms with Gasteiger partial charge in [0.05, 0.1) is 12.7 Å². The number of likely N-dealkylation sites (N-methyl/N-ethyl adjacent to an activating group) is 1. The van der Waals surface area contributed by atoms with Crippen molar-refractivity contribution in [2.24, 2.45) is 0 Å². The van der Waals surface area contributed by atoms with Gasteiger partial charge in [-0.1, -0.05) is 0 Å². The third-order valence-electron chi connectivity index (χ3n) is 3.81. The number of nitrogens with one attached hydrogen (secondary N) is 1. The molecule has 1 N–H and O–H groups in total. The van der Waals surface area contributed by atoms with Crippen LogP contribution in [0.3, 0.4) is 0 Å². The van der Waals surface area contributed by atoms with E-state index >= 15 is 0 Å². The first-order valence-electron chi connectivity index (χ1n) is 7.62. The molecule has 1 aliphatic heterocycles. The van der Waals surface area contributed by atoms with E-state index in [1.54, 1.807) is 0 Å². The minimum absolute atomic E-state index is 0.0654. The van der Waals surface area contributed by atoms with E-state index in [1.165, 1.54) is 23.0 Å². The smallest absolute Gasteiger partial charge is 0.271 e. The van der Waals surface area contributed by atoms with Crippen LogP contribution in [0.25, 0.3) is 5.69 Å². The molecule has 1 saturated heterocycles. The molecule has 1 atom stereocenters. The van der Waals surface area contributed by atoms with Crippen molar-refractivity contribution in [1.82, 2.24) is 20.0 Å².